The molecule has 1 aliphatic heterocycles. The molecular formula is C22H42N2O3S. The third kappa shape index (κ3) is 9.94. The average molecular weight is 415 g/mol. The third-order valence-corrected chi connectivity index (χ3v) is 5.17. The molecule has 0 aromatic rings. The molecule has 1 rings (SSSR count). The molecule has 0 spiro atoms. The van der Waals surface area contributed by atoms with Crippen LogP contribution < -0.4 is 0 Å². The lowest BCUT2D eigenvalue weighted by Gasteiger charge is -2.30. The van der Waals surface area contributed by atoms with E-state index < -0.39 is 5.54 Å². The molecule has 164 valence electrons. The Kier molecular flexibility index (Phi) is 8.84. The van der Waals surface area contributed by atoms with Gasteiger partial charge in [-0.2, -0.15) is 0 Å². The first-order chi connectivity index (χ1) is 12.1. The number of thioether (sulfide) groups is 1. The summed E-state index contributed by atoms with van der Waals surface area (Å²) in [6.07, 6.45) is 0.345. The fourth-order valence-electron chi connectivity index (χ4n) is 2.17. The van der Waals surface area contributed by atoms with Crippen LogP contribution in [0, 0.1) is 5.41 Å². The quantitative estimate of drug-likeness (QED) is 0.332. The molecule has 1 fully saturated rings. The molecule has 0 saturated carbocycles. The minimum Gasteiger partial charge on any atom is -0.390 e. The van der Waals surface area contributed by atoms with E-state index in [9.17, 15) is 9.59 Å². The number of imide groups is 1. The predicted molar refractivity (Wildman–Crippen MR) is 121 cm³/mol. The van der Waals surface area contributed by atoms with Crippen LogP contribution in [-0.4, -0.2) is 43.6 Å². The molecule has 0 radical (unpaired) electrons. The summed E-state index contributed by atoms with van der Waals surface area (Å²) in [5.74, 6) is -0.0725. The molecule has 6 heteroatoms. The predicted octanol–water partition coefficient (Wildman–Crippen LogP) is 5.67. The topological polar surface area (TPSA) is 59.0 Å². The highest BCUT2D eigenvalue weighted by Gasteiger charge is 2.45. The second-order valence-electron chi connectivity index (χ2n) is 11.3. The number of rotatable bonds is 2. The Morgan fingerprint density at radius 2 is 1.43 bits per heavy atom. The highest BCUT2D eigenvalue weighted by atomic mass is 32.2. The van der Waals surface area contributed by atoms with Gasteiger partial charge in [0.05, 0.1) is 11.0 Å². The fourth-order valence-corrected chi connectivity index (χ4v) is 3.46. The number of nitrogens with zero attached hydrogens (tertiary/aromatic N) is 2. The number of hydrogen-bond acceptors (Lipinski definition) is 5. The van der Waals surface area contributed by atoms with Crippen LogP contribution in [-0.2, 0) is 14.4 Å². The number of carbonyl (C=O) groups excluding carboxylic acids is 2. The molecule has 0 aliphatic carbocycles. The first kappa shape index (κ1) is 27.0. The van der Waals surface area contributed by atoms with Gasteiger partial charge >= 0.3 is 0 Å². The summed E-state index contributed by atoms with van der Waals surface area (Å²) in [6.45, 7) is 26.2. The number of oxime groups is 1. The Bertz CT molecular complexity index is 585. The SMILES string of the molecule is C/C(=N\OC(C)(C)C)C(C)(C)C.CC(C)(C)SC1CC(=O)N(C(C)(C)C)C1=O. The van der Waals surface area contributed by atoms with Crippen molar-refractivity contribution in [2.24, 2.45) is 10.6 Å². The van der Waals surface area contributed by atoms with E-state index in [-0.39, 0.29) is 32.8 Å². The lowest BCUT2D eigenvalue weighted by atomic mass is 9.91. The van der Waals surface area contributed by atoms with Crippen molar-refractivity contribution in [3.05, 3.63) is 0 Å². The van der Waals surface area contributed by atoms with Gasteiger partial charge in [0.25, 0.3) is 0 Å². The van der Waals surface area contributed by atoms with Crippen LogP contribution in [0.5, 0.6) is 0 Å². The van der Waals surface area contributed by atoms with Crippen molar-refractivity contribution >= 4 is 29.3 Å². The summed E-state index contributed by atoms with van der Waals surface area (Å²) in [7, 11) is 0. The van der Waals surface area contributed by atoms with Crippen LogP contribution in [0.25, 0.3) is 0 Å². The minimum atomic E-state index is -0.401. The van der Waals surface area contributed by atoms with E-state index in [1.807, 2.05) is 48.5 Å². The van der Waals surface area contributed by atoms with E-state index in [1.165, 1.54) is 4.90 Å². The smallest absolute Gasteiger partial charge is 0.243 e. The first-order valence-corrected chi connectivity index (χ1v) is 10.8. The van der Waals surface area contributed by atoms with Gasteiger partial charge in [0.2, 0.25) is 11.8 Å². The van der Waals surface area contributed by atoms with E-state index in [0.29, 0.717) is 6.42 Å². The molecular weight excluding hydrogens is 372 g/mol. The summed E-state index contributed by atoms with van der Waals surface area (Å²) in [5.41, 5.74) is 0.538. The van der Waals surface area contributed by atoms with Crippen molar-refractivity contribution in [2.45, 2.75) is 118 Å². The zero-order valence-electron chi connectivity index (χ0n) is 20.3. The normalized spacial score (nSPS) is 19.5. The van der Waals surface area contributed by atoms with E-state index >= 15 is 0 Å². The lowest BCUT2D eigenvalue weighted by Crippen LogP contribution is -2.46. The van der Waals surface area contributed by atoms with Crippen LogP contribution in [0.4, 0.5) is 0 Å². The Labute approximate surface area is 177 Å². The highest BCUT2D eigenvalue weighted by molar-refractivity contribution is 8.01. The number of hydrogen-bond donors (Lipinski definition) is 0. The number of likely N-dealkylation sites (tertiary alicyclic amines) is 1. The zero-order valence-corrected chi connectivity index (χ0v) is 21.1. The Hall–Kier alpha value is -1.04. The Balaban J connectivity index is 0.000000546. The fraction of sp³-hybridized carbons (Fsp3) is 0.864. The van der Waals surface area contributed by atoms with Crippen molar-refractivity contribution in [3.8, 4) is 0 Å². The second-order valence-corrected chi connectivity index (χ2v) is 13.3. The highest BCUT2D eigenvalue weighted by Crippen LogP contribution is 2.36. The van der Waals surface area contributed by atoms with Crippen LogP contribution in [0.15, 0.2) is 5.16 Å². The van der Waals surface area contributed by atoms with Crippen LogP contribution in [0.3, 0.4) is 0 Å². The molecule has 1 unspecified atom stereocenters. The molecule has 2 amide bonds. The number of amides is 2. The average Bonchev–Trinajstić information content (AvgIpc) is 2.66. The Morgan fingerprint density at radius 3 is 1.71 bits per heavy atom. The van der Waals surface area contributed by atoms with Gasteiger partial charge in [0.1, 0.15) is 5.60 Å². The molecule has 1 saturated heterocycles. The molecule has 28 heavy (non-hydrogen) atoms. The first-order valence-electron chi connectivity index (χ1n) is 9.93. The van der Waals surface area contributed by atoms with Crippen molar-refractivity contribution < 1.29 is 14.4 Å². The molecule has 0 aromatic heterocycles. The van der Waals surface area contributed by atoms with Crippen LogP contribution in [0.2, 0.25) is 0 Å². The van der Waals surface area contributed by atoms with Crippen molar-refractivity contribution in [3.63, 3.8) is 0 Å². The van der Waals surface area contributed by atoms with E-state index in [1.54, 1.807) is 11.8 Å². The molecule has 0 N–H and O–H groups in total. The van der Waals surface area contributed by atoms with Gasteiger partial charge in [-0.15, -0.1) is 11.8 Å². The maximum Gasteiger partial charge on any atom is 0.243 e. The lowest BCUT2D eigenvalue weighted by molar-refractivity contribution is -0.143. The summed E-state index contributed by atoms with van der Waals surface area (Å²) in [4.78, 5) is 30.7. The van der Waals surface area contributed by atoms with Crippen molar-refractivity contribution in [2.75, 3.05) is 0 Å². The molecule has 1 atom stereocenters. The van der Waals surface area contributed by atoms with E-state index in [2.05, 4.69) is 46.7 Å². The van der Waals surface area contributed by atoms with E-state index in [4.69, 9.17) is 4.84 Å². The van der Waals surface area contributed by atoms with Crippen LogP contribution >= 0.6 is 11.8 Å². The second kappa shape index (κ2) is 9.19. The Morgan fingerprint density at radius 1 is 0.964 bits per heavy atom. The monoisotopic (exact) mass is 414 g/mol. The van der Waals surface area contributed by atoms with Crippen LogP contribution in [0.1, 0.15) is 96.4 Å². The summed E-state index contributed by atoms with van der Waals surface area (Å²) in [5, 5.41) is 3.88. The molecule has 0 bridgehead atoms. The minimum absolute atomic E-state index is 0.00843. The van der Waals surface area contributed by atoms with Gasteiger partial charge in [-0.25, -0.2) is 0 Å². The standard InChI is InChI=1S/C12H21NO2S.C10H21NO/c1-11(2,3)13-9(14)7-8(10(13)15)16-12(4,5)6;1-8(9(2,3)4)11-12-10(5,6)7/h8H,7H2,1-6H3;1-7H3/b;11-8+. The molecule has 0 aromatic carbocycles. The van der Waals surface area contributed by atoms with Gasteiger partial charge in [0, 0.05) is 22.1 Å². The molecule has 5 nitrogen and oxygen atoms in total. The third-order valence-electron chi connectivity index (χ3n) is 3.81. The summed E-state index contributed by atoms with van der Waals surface area (Å²) < 4.78 is 0.00843. The summed E-state index contributed by atoms with van der Waals surface area (Å²) >= 11 is 1.58. The van der Waals surface area contributed by atoms with Gasteiger partial charge < -0.3 is 4.84 Å². The summed E-state index contributed by atoms with van der Waals surface area (Å²) in [6, 6.07) is 0. The van der Waals surface area contributed by atoms with Gasteiger partial charge in [-0.05, 0) is 48.5 Å². The largest absolute Gasteiger partial charge is 0.390 e. The van der Waals surface area contributed by atoms with Gasteiger partial charge in [-0.1, -0.05) is 46.7 Å². The number of carbonyl (C=O) groups is 2. The zero-order chi connectivity index (χ0) is 22.7. The van der Waals surface area contributed by atoms with Gasteiger partial charge in [-0.3, -0.25) is 14.5 Å². The molecule has 1 aliphatic rings. The van der Waals surface area contributed by atoms with Gasteiger partial charge in [0.15, 0.2) is 0 Å². The maximum atomic E-state index is 12.1. The molecule has 1 heterocycles. The maximum absolute atomic E-state index is 12.1. The van der Waals surface area contributed by atoms with Crippen molar-refractivity contribution in [1.82, 2.24) is 4.90 Å². The van der Waals surface area contributed by atoms with E-state index in [0.717, 1.165) is 5.71 Å². The van der Waals surface area contributed by atoms with Crippen molar-refractivity contribution in [1.29, 1.82) is 0 Å².